The number of aliphatic hydroxyl groups excluding tert-OH is 1. The average molecular weight is 516 g/mol. The summed E-state index contributed by atoms with van der Waals surface area (Å²) in [6, 6.07) is 9.13. The van der Waals surface area contributed by atoms with Crippen molar-refractivity contribution in [2.24, 2.45) is 5.73 Å². The molecule has 0 aliphatic carbocycles. The molecule has 194 valence electrons. The molecule has 4 N–H and O–H groups in total. The largest absolute Gasteiger partial charge is 0.512 e. The van der Waals surface area contributed by atoms with Crippen LogP contribution in [0, 0.1) is 0 Å². The summed E-state index contributed by atoms with van der Waals surface area (Å²) in [5.74, 6) is -1.68. The number of nitrogens with two attached hydrogens (primary N) is 1. The third-order valence-corrected chi connectivity index (χ3v) is 7.63. The summed E-state index contributed by atoms with van der Waals surface area (Å²) in [6.07, 6.45) is 4.87. The third kappa shape index (κ3) is 5.87. The number of carbonyl (C=O) groups is 2. The molecule has 3 rings (SSSR count). The van der Waals surface area contributed by atoms with Crippen LogP contribution in [0.1, 0.15) is 81.1 Å². The molecule has 2 heterocycles. The molecule has 1 atom stereocenters. The summed E-state index contributed by atoms with van der Waals surface area (Å²) >= 11 is 0. The minimum atomic E-state index is -4.05. The van der Waals surface area contributed by atoms with Gasteiger partial charge in [0.1, 0.15) is 11.4 Å². The summed E-state index contributed by atoms with van der Waals surface area (Å²) < 4.78 is 34.0. The summed E-state index contributed by atoms with van der Waals surface area (Å²) in [4.78, 5) is 28.2. The van der Waals surface area contributed by atoms with Crippen LogP contribution < -0.4 is 10.5 Å². The molecule has 36 heavy (non-hydrogen) atoms. The van der Waals surface area contributed by atoms with E-state index in [2.05, 4.69) is 9.71 Å². The quantitative estimate of drug-likeness (QED) is 0.371. The van der Waals surface area contributed by atoms with Gasteiger partial charge in [-0.2, -0.15) is 8.42 Å². The Hall–Kier alpha value is -3.40. The fourth-order valence-electron chi connectivity index (χ4n) is 4.78. The standard InChI is InChI=1S/C26H33N3O6S/c1-4-12-26(13-5-2)15-21(30)23(25(32)35-26)20(6-3)17-8-7-9-19(14-17)29-36(33,34)22-11-10-18(16-28-22)24(27)31/h7-11,14,16,20,29-30H,4-6,12-13,15H2,1-3H3,(H2,27,31). The van der Waals surface area contributed by atoms with Gasteiger partial charge in [-0.15, -0.1) is 0 Å². The van der Waals surface area contributed by atoms with Crippen LogP contribution in [0.25, 0.3) is 0 Å². The second kappa shape index (κ2) is 11.1. The number of primary amides is 1. The van der Waals surface area contributed by atoms with Crippen molar-refractivity contribution >= 4 is 27.6 Å². The minimum Gasteiger partial charge on any atom is -0.512 e. The van der Waals surface area contributed by atoms with Gasteiger partial charge in [0.2, 0.25) is 5.91 Å². The van der Waals surface area contributed by atoms with Crippen molar-refractivity contribution in [3.8, 4) is 0 Å². The number of ether oxygens (including phenoxy) is 1. The Labute approximate surface area is 211 Å². The highest BCUT2D eigenvalue weighted by atomic mass is 32.2. The van der Waals surface area contributed by atoms with Crippen molar-refractivity contribution in [3.05, 3.63) is 65.1 Å². The number of anilines is 1. The zero-order chi connectivity index (χ0) is 26.5. The van der Waals surface area contributed by atoms with E-state index in [-0.39, 0.29) is 34.0 Å². The first kappa shape index (κ1) is 27.2. The van der Waals surface area contributed by atoms with Crippen molar-refractivity contribution in [2.75, 3.05) is 4.72 Å². The molecule has 1 amide bonds. The number of hydrogen-bond donors (Lipinski definition) is 3. The Morgan fingerprint density at radius 2 is 1.89 bits per heavy atom. The van der Waals surface area contributed by atoms with Gasteiger partial charge < -0.3 is 15.6 Å². The smallest absolute Gasteiger partial charge is 0.338 e. The van der Waals surface area contributed by atoms with E-state index >= 15 is 0 Å². The van der Waals surface area contributed by atoms with Gasteiger partial charge in [0.05, 0.1) is 11.1 Å². The fourth-order valence-corrected chi connectivity index (χ4v) is 5.76. The molecule has 0 saturated heterocycles. The van der Waals surface area contributed by atoms with Crippen LogP contribution in [0.4, 0.5) is 5.69 Å². The Kier molecular flexibility index (Phi) is 8.39. The van der Waals surface area contributed by atoms with E-state index in [4.69, 9.17) is 10.5 Å². The molecule has 2 aromatic rings. The Balaban J connectivity index is 1.90. The van der Waals surface area contributed by atoms with Gasteiger partial charge in [-0.25, -0.2) is 9.78 Å². The minimum absolute atomic E-state index is 0.0322. The van der Waals surface area contributed by atoms with Crippen LogP contribution in [0.2, 0.25) is 0 Å². The molecular formula is C26H33N3O6S. The van der Waals surface area contributed by atoms with E-state index in [1.165, 1.54) is 12.1 Å². The van der Waals surface area contributed by atoms with Crippen LogP contribution in [0.5, 0.6) is 0 Å². The number of rotatable bonds is 11. The van der Waals surface area contributed by atoms with E-state index in [9.17, 15) is 23.1 Å². The van der Waals surface area contributed by atoms with Crippen molar-refractivity contribution in [3.63, 3.8) is 0 Å². The lowest BCUT2D eigenvalue weighted by Gasteiger charge is -2.38. The first-order valence-electron chi connectivity index (χ1n) is 12.1. The number of amides is 1. The lowest BCUT2D eigenvalue weighted by molar-refractivity contribution is -0.161. The highest BCUT2D eigenvalue weighted by Crippen LogP contribution is 2.42. The molecule has 0 fully saturated rings. The van der Waals surface area contributed by atoms with Gasteiger partial charge in [-0.1, -0.05) is 45.7 Å². The van der Waals surface area contributed by atoms with Crippen molar-refractivity contribution in [1.29, 1.82) is 0 Å². The summed E-state index contributed by atoms with van der Waals surface area (Å²) in [5, 5.41) is 10.7. The first-order chi connectivity index (χ1) is 17.1. The van der Waals surface area contributed by atoms with Crippen LogP contribution in [-0.4, -0.2) is 36.0 Å². The third-order valence-electron chi connectivity index (χ3n) is 6.33. The van der Waals surface area contributed by atoms with Crippen LogP contribution in [0.3, 0.4) is 0 Å². The maximum Gasteiger partial charge on any atom is 0.338 e. The van der Waals surface area contributed by atoms with Gasteiger partial charge >= 0.3 is 5.97 Å². The maximum atomic E-state index is 13.1. The number of pyridine rings is 1. The summed E-state index contributed by atoms with van der Waals surface area (Å²) in [5.41, 5.74) is 5.72. The van der Waals surface area contributed by atoms with E-state index in [1.807, 2.05) is 20.8 Å². The molecule has 9 nitrogen and oxygen atoms in total. The molecule has 1 aliphatic heterocycles. The molecule has 0 spiro atoms. The van der Waals surface area contributed by atoms with Gasteiger partial charge in [0.25, 0.3) is 10.0 Å². The number of aromatic nitrogens is 1. The number of aliphatic hydroxyl groups is 1. The number of hydrogen-bond acceptors (Lipinski definition) is 7. The first-order valence-corrected chi connectivity index (χ1v) is 13.6. The van der Waals surface area contributed by atoms with Crippen LogP contribution in [0.15, 0.2) is 59.0 Å². The van der Waals surface area contributed by atoms with Crippen molar-refractivity contribution < 1.29 is 27.9 Å². The summed E-state index contributed by atoms with van der Waals surface area (Å²) in [6.45, 7) is 5.92. The van der Waals surface area contributed by atoms with E-state index in [0.29, 0.717) is 24.8 Å². The Bertz CT molecular complexity index is 1250. The zero-order valence-electron chi connectivity index (χ0n) is 20.8. The number of sulfonamides is 1. The highest BCUT2D eigenvalue weighted by Gasteiger charge is 2.42. The van der Waals surface area contributed by atoms with Gasteiger partial charge in [0, 0.05) is 24.2 Å². The number of cyclic esters (lactones) is 1. The lowest BCUT2D eigenvalue weighted by Crippen LogP contribution is -2.41. The number of carbonyl (C=O) groups excluding carboxylic acids is 2. The number of nitrogens with zero attached hydrogens (tertiary/aromatic N) is 1. The molecule has 0 saturated carbocycles. The molecule has 10 heteroatoms. The molecule has 1 aromatic carbocycles. The molecule has 1 unspecified atom stereocenters. The Morgan fingerprint density at radius 1 is 1.19 bits per heavy atom. The monoisotopic (exact) mass is 515 g/mol. The van der Waals surface area contributed by atoms with Crippen molar-refractivity contribution in [1.82, 2.24) is 4.98 Å². The van der Waals surface area contributed by atoms with Gasteiger partial charge in [-0.05, 0) is 49.1 Å². The second-order valence-electron chi connectivity index (χ2n) is 9.05. The SMILES string of the molecule is CCCC1(CCC)CC(O)=C(C(CC)c2cccc(NS(=O)(=O)c3ccc(C(N)=O)cn3)c2)C(=O)O1. The normalized spacial score (nSPS) is 16.4. The van der Waals surface area contributed by atoms with Crippen LogP contribution >= 0.6 is 0 Å². The average Bonchev–Trinajstić information content (AvgIpc) is 2.81. The second-order valence-corrected chi connectivity index (χ2v) is 10.7. The van der Waals surface area contributed by atoms with Gasteiger partial charge in [-0.3, -0.25) is 9.52 Å². The Morgan fingerprint density at radius 3 is 2.42 bits per heavy atom. The summed E-state index contributed by atoms with van der Waals surface area (Å²) in [7, 11) is -4.05. The predicted octanol–water partition coefficient (Wildman–Crippen LogP) is 4.57. The van der Waals surface area contributed by atoms with E-state index in [0.717, 1.165) is 19.0 Å². The fraction of sp³-hybridized carbons (Fsp3) is 0.423. The number of nitrogens with one attached hydrogen (secondary N) is 1. The molecule has 1 aliphatic rings. The maximum absolute atomic E-state index is 13.1. The van der Waals surface area contributed by atoms with Gasteiger partial charge in [0.15, 0.2) is 5.03 Å². The number of esters is 1. The molecule has 1 aromatic heterocycles. The van der Waals surface area contributed by atoms with Crippen LogP contribution in [-0.2, 0) is 19.6 Å². The highest BCUT2D eigenvalue weighted by molar-refractivity contribution is 7.92. The van der Waals surface area contributed by atoms with E-state index in [1.54, 1.807) is 24.3 Å². The topological polar surface area (TPSA) is 149 Å². The predicted molar refractivity (Wildman–Crippen MR) is 136 cm³/mol. The van der Waals surface area contributed by atoms with E-state index < -0.39 is 33.4 Å². The molecular weight excluding hydrogens is 482 g/mol. The molecule has 0 bridgehead atoms. The molecule has 0 radical (unpaired) electrons. The lowest BCUT2D eigenvalue weighted by atomic mass is 9.80. The number of benzene rings is 1. The van der Waals surface area contributed by atoms with Crippen molar-refractivity contribution in [2.45, 2.75) is 75.8 Å². The zero-order valence-corrected chi connectivity index (χ0v) is 21.6.